The predicted molar refractivity (Wildman–Crippen MR) is 86.6 cm³/mol. The molecule has 3 rings (SSSR count). The van der Waals surface area contributed by atoms with E-state index >= 15 is 0 Å². The zero-order valence-electron chi connectivity index (χ0n) is 13.9. The lowest BCUT2D eigenvalue weighted by Gasteiger charge is -2.33. The Morgan fingerprint density at radius 3 is 3.00 bits per heavy atom. The molecule has 0 radical (unpaired) electrons. The van der Waals surface area contributed by atoms with E-state index in [0.717, 1.165) is 12.8 Å². The monoisotopic (exact) mass is 347 g/mol. The van der Waals surface area contributed by atoms with Gasteiger partial charge in [0, 0.05) is 44.7 Å². The standard InChI is InChI=1S/C16H21N5O4/c22-13-5-9-20(16(24)18-13)10-6-15(23)21-8-2-3-12(11-21)25-14-4-1-7-17-19-14/h1,4,7,12H,2-3,5-6,8-11H2,(H,18,22,24). The fourth-order valence-electron chi connectivity index (χ4n) is 2.98. The maximum absolute atomic E-state index is 12.4. The molecule has 1 aromatic rings. The molecule has 2 aliphatic heterocycles. The topological polar surface area (TPSA) is 105 Å². The second kappa shape index (κ2) is 7.91. The highest BCUT2D eigenvalue weighted by Crippen LogP contribution is 2.17. The fraction of sp³-hybridized carbons (Fsp3) is 0.562. The molecule has 1 atom stereocenters. The van der Waals surface area contributed by atoms with Crippen LogP contribution in [0, 0.1) is 0 Å². The number of aromatic nitrogens is 2. The van der Waals surface area contributed by atoms with Crippen molar-refractivity contribution in [2.75, 3.05) is 26.2 Å². The van der Waals surface area contributed by atoms with Crippen molar-refractivity contribution in [2.24, 2.45) is 0 Å². The number of nitrogens with one attached hydrogen (secondary N) is 1. The van der Waals surface area contributed by atoms with E-state index in [1.54, 1.807) is 23.2 Å². The number of ether oxygens (including phenoxy) is 1. The zero-order chi connectivity index (χ0) is 17.6. The second-order valence-corrected chi connectivity index (χ2v) is 6.12. The zero-order valence-corrected chi connectivity index (χ0v) is 13.9. The summed E-state index contributed by atoms with van der Waals surface area (Å²) in [6.45, 7) is 1.85. The normalized spacial score (nSPS) is 21.0. The van der Waals surface area contributed by atoms with Gasteiger partial charge in [0.05, 0.1) is 6.54 Å². The van der Waals surface area contributed by atoms with Gasteiger partial charge in [0.1, 0.15) is 6.10 Å². The van der Waals surface area contributed by atoms with E-state index < -0.39 is 6.03 Å². The molecule has 9 nitrogen and oxygen atoms in total. The van der Waals surface area contributed by atoms with E-state index in [9.17, 15) is 14.4 Å². The van der Waals surface area contributed by atoms with Crippen LogP contribution in [0.2, 0.25) is 0 Å². The summed E-state index contributed by atoms with van der Waals surface area (Å²) >= 11 is 0. The van der Waals surface area contributed by atoms with E-state index in [2.05, 4.69) is 15.5 Å². The lowest BCUT2D eigenvalue weighted by Crippen LogP contribution is -2.51. The minimum atomic E-state index is -0.424. The summed E-state index contributed by atoms with van der Waals surface area (Å²) in [5.74, 6) is 0.168. The number of rotatable bonds is 5. The molecule has 2 saturated heterocycles. The number of likely N-dealkylation sites (tertiary alicyclic amines) is 1. The number of imide groups is 1. The third-order valence-corrected chi connectivity index (χ3v) is 4.30. The summed E-state index contributed by atoms with van der Waals surface area (Å²) in [6, 6.07) is 3.07. The number of carbonyl (C=O) groups excluding carboxylic acids is 3. The molecule has 2 fully saturated rings. The first-order valence-corrected chi connectivity index (χ1v) is 8.43. The molecular weight excluding hydrogens is 326 g/mol. The van der Waals surface area contributed by atoms with Gasteiger partial charge in [-0.05, 0) is 18.9 Å². The quantitative estimate of drug-likeness (QED) is 0.815. The van der Waals surface area contributed by atoms with E-state index in [4.69, 9.17) is 4.74 Å². The first-order valence-electron chi connectivity index (χ1n) is 8.43. The molecule has 3 heterocycles. The molecular formula is C16H21N5O4. The van der Waals surface area contributed by atoms with Crippen molar-refractivity contribution in [1.29, 1.82) is 0 Å². The number of hydrogen-bond acceptors (Lipinski definition) is 6. The van der Waals surface area contributed by atoms with Gasteiger partial charge in [-0.15, -0.1) is 5.10 Å². The van der Waals surface area contributed by atoms with Crippen molar-refractivity contribution in [3.63, 3.8) is 0 Å². The van der Waals surface area contributed by atoms with E-state index in [-0.39, 0.29) is 30.8 Å². The molecule has 2 aliphatic rings. The highest BCUT2D eigenvalue weighted by Gasteiger charge is 2.27. The van der Waals surface area contributed by atoms with Crippen molar-refractivity contribution >= 4 is 17.8 Å². The van der Waals surface area contributed by atoms with Crippen molar-refractivity contribution in [3.8, 4) is 5.88 Å². The molecule has 0 bridgehead atoms. The highest BCUT2D eigenvalue weighted by molar-refractivity contribution is 5.96. The minimum Gasteiger partial charge on any atom is -0.471 e. The Balaban J connectivity index is 1.47. The SMILES string of the molecule is O=C1CCN(CCC(=O)N2CCCC(Oc3cccnn3)C2)C(=O)N1. The minimum absolute atomic E-state index is 0.0165. The molecule has 0 saturated carbocycles. The van der Waals surface area contributed by atoms with Crippen molar-refractivity contribution < 1.29 is 19.1 Å². The lowest BCUT2D eigenvalue weighted by atomic mass is 10.1. The van der Waals surface area contributed by atoms with Gasteiger partial charge >= 0.3 is 6.03 Å². The maximum Gasteiger partial charge on any atom is 0.324 e. The Morgan fingerprint density at radius 1 is 1.36 bits per heavy atom. The summed E-state index contributed by atoms with van der Waals surface area (Å²) in [5, 5.41) is 9.93. The third kappa shape index (κ3) is 4.65. The number of nitrogens with zero attached hydrogens (tertiary/aromatic N) is 4. The summed E-state index contributed by atoms with van der Waals surface area (Å²) in [4.78, 5) is 38.5. The number of amides is 4. The van der Waals surface area contributed by atoms with Gasteiger partial charge in [-0.2, -0.15) is 5.10 Å². The van der Waals surface area contributed by atoms with Crippen LogP contribution in [0.5, 0.6) is 5.88 Å². The first kappa shape index (κ1) is 17.1. The number of urea groups is 1. The maximum atomic E-state index is 12.4. The van der Waals surface area contributed by atoms with Gasteiger partial charge in [0.25, 0.3) is 0 Å². The number of piperidine rings is 1. The Morgan fingerprint density at radius 2 is 2.24 bits per heavy atom. The van der Waals surface area contributed by atoms with E-state index in [0.29, 0.717) is 32.1 Å². The number of hydrogen-bond donors (Lipinski definition) is 1. The fourth-order valence-corrected chi connectivity index (χ4v) is 2.98. The predicted octanol–water partition coefficient (Wildman–Crippen LogP) is 0.178. The molecule has 1 N–H and O–H groups in total. The van der Waals surface area contributed by atoms with Crippen LogP contribution in [0.3, 0.4) is 0 Å². The Hall–Kier alpha value is -2.71. The highest BCUT2D eigenvalue weighted by atomic mass is 16.5. The summed E-state index contributed by atoms with van der Waals surface area (Å²) < 4.78 is 5.78. The van der Waals surface area contributed by atoms with Crippen LogP contribution >= 0.6 is 0 Å². The number of carbonyl (C=O) groups is 3. The summed E-state index contributed by atoms with van der Waals surface area (Å²) in [7, 11) is 0. The first-order chi connectivity index (χ1) is 12.1. The smallest absolute Gasteiger partial charge is 0.324 e. The molecule has 25 heavy (non-hydrogen) atoms. The Kier molecular flexibility index (Phi) is 5.42. The molecule has 1 aromatic heterocycles. The average Bonchev–Trinajstić information content (AvgIpc) is 2.62. The molecule has 4 amide bonds. The van der Waals surface area contributed by atoms with Gasteiger partial charge in [0.2, 0.25) is 17.7 Å². The second-order valence-electron chi connectivity index (χ2n) is 6.12. The van der Waals surface area contributed by atoms with Crippen molar-refractivity contribution in [2.45, 2.75) is 31.8 Å². The Labute approximate surface area is 145 Å². The van der Waals surface area contributed by atoms with Gasteiger partial charge in [-0.25, -0.2) is 4.79 Å². The van der Waals surface area contributed by atoms with E-state index in [1.807, 2.05) is 0 Å². The average molecular weight is 347 g/mol. The molecule has 0 aromatic carbocycles. The van der Waals surface area contributed by atoms with Crippen LogP contribution in [0.4, 0.5) is 4.79 Å². The van der Waals surface area contributed by atoms with Crippen molar-refractivity contribution in [3.05, 3.63) is 18.3 Å². The van der Waals surface area contributed by atoms with Crippen LogP contribution in [-0.2, 0) is 9.59 Å². The van der Waals surface area contributed by atoms with Gasteiger partial charge in [-0.1, -0.05) is 0 Å². The van der Waals surface area contributed by atoms with Gasteiger partial charge in [-0.3, -0.25) is 14.9 Å². The summed E-state index contributed by atoms with van der Waals surface area (Å²) in [6.07, 6.45) is 3.70. The molecule has 0 aliphatic carbocycles. The van der Waals surface area contributed by atoms with Crippen molar-refractivity contribution in [1.82, 2.24) is 25.3 Å². The largest absolute Gasteiger partial charge is 0.471 e. The molecule has 9 heteroatoms. The van der Waals surface area contributed by atoms with Crippen LogP contribution in [0.15, 0.2) is 18.3 Å². The van der Waals surface area contributed by atoms with Crippen LogP contribution < -0.4 is 10.1 Å². The van der Waals surface area contributed by atoms with Crippen LogP contribution in [-0.4, -0.2) is 70.1 Å². The molecule has 0 spiro atoms. The van der Waals surface area contributed by atoms with Crippen LogP contribution in [0.1, 0.15) is 25.7 Å². The molecule has 1 unspecified atom stereocenters. The van der Waals surface area contributed by atoms with Crippen LogP contribution in [0.25, 0.3) is 0 Å². The third-order valence-electron chi connectivity index (χ3n) is 4.30. The van der Waals surface area contributed by atoms with Gasteiger partial charge in [0.15, 0.2) is 0 Å². The summed E-state index contributed by atoms with van der Waals surface area (Å²) in [5.41, 5.74) is 0. The van der Waals surface area contributed by atoms with Gasteiger partial charge < -0.3 is 14.5 Å². The molecule has 134 valence electrons. The lowest BCUT2D eigenvalue weighted by molar-refractivity contribution is -0.134. The van der Waals surface area contributed by atoms with E-state index in [1.165, 1.54) is 4.90 Å². The Bertz CT molecular complexity index is 639.